The monoisotopic (exact) mass is 313 g/mol. The highest BCUT2D eigenvalue weighted by Gasteiger charge is 2.10. The van der Waals surface area contributed by atoms with E-state index in [9.17, 15) is 4.79 Å². The van der Waals surface area contributed by atoms with Gasteiger partial charge in [0.15, 0.2) is 11.5 Å². The first kappa shape index (κ1) is 16.6. The van der Waals surface area contributed by atoms with E-state index >= 15 is 0 Å². The normalized spacial score (nSPS) is 11.1. The van der Waals surface area contributed by atoms with Crippen LogP contribution >= 0.6 is 0 Å². The summed E-state index contributed by atoms with van der Waals surface area (Å²) in [6.07, 6.45) is 4.16. The number of aromatic nitrogens is 2. The molecule has 1 aromatic heterocycles. The van der Waals surface area contributed by atoms with Crippen molar-refractivity contribution in [3.63, 3.8) is 0 Å². The Balaban J connectivity index is 1.99. The van der Waals surface area contributed by atoms with E-state index in [1.807, 2.05) is 30.3 Å². The zero-order valence-electron chi connectivity index (χ0n) is 13.0. The van der Waals surface area contributed by atoms with Crippen molar-refractivity contribution in [2.75, 3.05) is 13.2 Å². The fraction of sp³-hybridized carbons (Fsp3) is 0.294. The molecule has 0 spiro atoms. The third-order valence-electron chi connectivity index (χ3n) is 2.90. The highest BCUT2D eigenvalue weighted by Crippen LogP contribution is 2.07. The van der Waals surface area contributed by atoms with Crippen molar-refractivity contribution >= 4 is 11.7 Å². The molecule has 0 atom stereocenters. The molecule has 2 aromatic rings. The van der Waals surface area contributed by atoms with Crippen molar-refractivity contribution in [2.45, 2.75) is 19.8 Å². The molecule has 0 fully saturated rings. The molecule has 0 unspecified atom stereocenters. The Morgan fingerprint density at radius 3 is 2.57 bits per heavy atom. The highest BCUT2D eigenvalue weighted by atomic mass is 16.6. The van der Waals surface area contributed by atoms with E-state index in [0.29, 0.717) is 37.6 Å². The van der Waals surface area contributed by atoms with E-state index in [0.717, 1.165) is 5.56 Å². The smallest absolute Gasteiger partial charge is 0.305 e. The molecule has 0 saturated carbocycles. The van der Waals surface area contributed by atoms with Gasteiger partial charge in [-0.2, -0.15) is 0 Å². The van der Waals surface area contributed by atoms with Gasteiger partial charge in [0.2, 0.25) is 0 Å². The summed E-state index contributed by atoms with van der Waals surface area (Å²) in [5.41, 5.74) is 1.42. The minimum Gasteiger partial charge on any atom is -0.466 e. The molecule has 23 heavy (non-hydrogen) atoms. The molecule has 6 nitrogen and oxygen atoms in total. The molecule has 0 radical (unpaired) electrons. The second kappa shape index (κ2) is 9.30. The van der Waals surface area contributed by atoms with Crippen molar-refractivity contribution in [2.24, 2.45) is 5.16 Å². The standard InChI is InChI=1S/C17H19N3O3/c1-2-22-15(21)10-6-13-23-20-16(14-8-4-3-5-9-14)17-18-11-7-12-19-17/h3-5,7-9,11-12H,2,6,10,13H2,1H3/b20-16+. The quantitative estimate of drug-likeness (QED) is 0.324. The lowest BCUT2D eigenvalue weighted by atomic mass is 10.1. The van der Waals surface area contributed by atoms with Gasteiger partial charge in [-0.15, -0.1) is 0 Å². The molecule has 0 bridgehead atoms. The molecule has 2 rings (SSSR count). The van der Waals surface area contributed by atoms with E-state index in [1.54, 1.807) is 25.4 Å². The lowest BCUT2D eigenvalue weighted by Crippen LogP contribution is -2.09. The Labute approximate surface area is 135 Å². The van der Waals surface area contributed by atoms with Crippen LogP contribution in [-0.4, -0.2) is 34.9 Å². The van der Waals surface area contributed by atoms with Crippen LogP contribution in [0.2, 0.25) is 0 Å². The number of hydrogen-bond donors (Lipinski definition) is 0. The summed E-state index contributed by atoms with van der Waals surface area (Å²) in [7, 11) is 0. The van der Waals surface area contributed by atoms with E-state index in [1.165, 1.54) is 0 Å². The van der Waals surface area contributed by atoms with Gasteiger partial charge in [0, 0.05) is 24.4 Å². The van der Waals surface area contributed by atoms with Gasteiger partial charge in [0.05, 0.1) is 6.61 Å². The summed E-state index contributed by atoms with van der Waals surface area (Å²) >= 11 is 0. The van der Waals surface area contributed by atoms with E-state index in [2.05, 4.69) is 15.1 Å². The van der Waals surface area contributed by atoms with Crippen LogP contribution in [0.3, 0.4) is 0 Å². The number of rotatable bonds is 8. The second-order valence-corrected chi connectivity index (χ2v) is 4.62. The molecule has 0 N–H and O–H groups in total. The van der Waals surface area contributed by atoms with E-state index in [-0.39, 0.29) is 5.97 Å². The third kappa shape index (κ3) is 5.50. The van der Waals surface area contributed by atoms with Crippen LogP contribution in [0.1, 0.15) is 31.2 Å². The number of nitrogens with zero attached hydrogens (tertiary/aromatic N) is 3. The molecular weight excluding hydrogens is 294 g/mol. The zero-order chi connectivity index (χ0) is 16.3. The van der Waals surface area contributed by atoms with Gasteiger partial charge in [-0.1, -0.05) is 35.5 Å². The molecule has 0 aliphatic carbocycles. The third-order valence-corrected chi connectivity index (χ3v) is 2.90. The first-order valence-corrected chi connectivity index (χ1v) is 7.49. The molecule has 0 aliphatic rings. The maximum atomic E-state index is 11.2. The zero-order valence-corrected chi connectivity index (χ0v) is 13.0. The minimum absolute atomic E-state index is 0.227. The van der Waals surface area contributed by atoms with Crippen molar-refractivity contribution in [3.8, 4) is 0 Å². The van der Waals surface area contributed by atoms with E-state index in [4.69, 9.17) is 9.57 Å². The van der Waals surface area contributed by atoms with Crippen molar-refractivity contribution in [3.05, 3.63) is 60.2 Å². The summed E-state index contributed by atoms with van der Waals surface area (Å²) < 4.78 is 4.86. The number of hydrogen-bond acceptors (Lipinski definition) is 6. The summed E-state index contributed by atoms with van der Waals surface area (Å²) in [5, 5.41) is 4.15. The van der Waals surface area contributed by atoms with Crippen molar-refractivity contribution in [1.82, 2.24) is 9.97 Å². The summed E-state index contributed by atoms with van der Waals surface area (Å²) in [5.74, 6) is 0.263. The molecule has 0 aliphatic heterocycles. The summed E-state index contributed by atoms with van der Waals surface area (Å²) in [6, 6.07) is 11.3. The first-order chi connectivity index (χ1) is 11.3. The van der Waals surface area contributed by atoms with Gasteiger partial charge >= 0.3 is 5.97 Å². The van der Waals surface area contributed by atoms with E-state index < -0.39 is 0 Å². The average Bonchev–Trinajstić information content (AvgIpc) is 2.60. The molecule has 120 valence electrons. The SMILES string of the molecule is CCOC(=O)CCCO/N=C(\c1ccccc1)c1ncccn1. The van der Waals surface area contributed by atoms with Gasteiger partial charge in [0.25, 0.3) is 0 Å². The fourth-order valence-corrected chi connectivity index (χ4v) is 1.86. The van der Waals surface area contributed by atoms with Gasteiger partial charge in [-0.3, -0.25) is 4.79 Å². The number of ether oxygens (including phenoxy) is 1. The molecular formula is C17H19N3O3. The average molecular weight is 313 g/mol. The van der Waals surface area contributed by atoms with Crippen molar-refractivity contribution in [1.29, 1.82) is 0 Å². The topological polar surface area (TPSA) is 73.7 Å². The Bertz CT molecular complexity index is 589. The number of oxime groups is 1. The maximum absolute atomic E-state index is 11.2. The van der Waals surface area contributed by atoms with Gasteiger partial charge in [-0.05, 0) is 19.4 Å². The molecule has 1 heterocycles. The molecule has 0 saturated heterocycles. The Hall–Kier alpha value is -2.76. The van der Waals surface area contributed by atoms with Gasteiger partial charge < -0.3 is 9.57 Å². The largest absolute Gasteiger partial charge is 0.466 e. The van der Waals surface area contributed by atoms with Crippen molar-refractivity contribution < 1.29 is 14.4 Å². The number of benzene rings is 1. The molecule has 0 amide bonds. The fourth-order valence-electron chi connectivity index (χ4n) is 1.86. The van der Waals surface area contributed by atoms with Crippen LogP contribution in [0.5, 0.6) is 0 Å². The van der Waals surface area contributed by atoms with Gasteiger partial charge in [-0.25, -0.2) is 9.97 Å². The number of carbonyl (C=O) groups excluding carboxylic acids is 1. The lowest BCUT2D eigenvalue weighted by Gasteiger charge is -2.06. The second-order valence-electron chi connectivity index (χ2n) is 4.62. The molecule has 6 heteroatoms. The lowest BCUT2D eigenvalue weighted by molar-refractivity contribution is -0.143. The minimum atomic E-state index is -0.227. The van der Waals surface area contributed by atoms with Gasteiger partial charge in [0.1, 0.15) is 6.61 Å². The Morgan fingerprint density at radius 1 is 1.13 bits per heavy atom. The maximum Gasteiger partial charge on any atom is 0.305 e. The van der Waals surface area contributed by atoms with Crippen LogP contribution < -0.4 is 0 Å². The summed E-state index contributed by atoms with van der Waals surface area (Å²) in [6.45, 7) is 2.49. The van der Waals surface area contributed by atoms with Crippen LogP contribution in [0, 0.1) is 0 Å². The predicted octanol–water partition coefficient (Wildman–Crippen LogP) is 2.59. The van der Waals surface area contributed by atoms with Crippen LogP contribution in [-0.2, 0) is 14.4 Å². The molecule has 1 aromatic carbocycles. The first-order valence-electron chi connectivity index (χ1n) is 7.49. The Morgan fingerprint density at radius 2 is 1.87 bits per heavy atom. The highest BCUT2D eigenvalue weighted by molar-refractivity contribution is 6.10. The van der Waals surface area contributed by atoms with Crippen LogP contribution in [0.15, 0.2) is 53.9 Å². The van der Waals surface area contributed by atoms with Crippen LogP contribution in [0.4, 0.5) is 0 Å². The number of carbonyl (C=O) groups is 1. The summed E-state index contributed by atoms with van der Waals surface area (Å²) in [4.78, 5) is 25.0. The predicted molar refractivity (Wildman–Crippen MR) is 85.9 cm³/mol. The van der Waals surface area contributed by atoms with Crippen LogP contribution in [0.25, 0.3) is 0 Å². The number of esters is 1. The Kier molecular flexibility index (Phi) is 6.71.